The molecule has 0 aliphatic heterocycles. The molecule has 1 nitrogen and oxygen atoms in total. The van der Waals surface area contributed by atoms with Gasteiger partial charge in [0, 0.05) is 0 Å². The molecule has 1 aromatic rings. The highest BCUT2D eigenvalue weighted by Crippen LogP contribution is 2.26. The Morgan fingerprint density at radius 2 is 1.94 bits per heavy atom. The van der Waals surface area contributed by atoms with E-state index in [-0.39, 0.29) is 6.61 Å². The predicted octanol–water partition coefficient (Wildman–Crippen LogP) is 3.17. The highest BCUT2D eigenvalue weighted by atomic mass is 19.2. The Morgan fingerprint density at radius 1 is 1.25 bits per heavy atom. The summed E-state index contributed by atoms with van der Waals surface area (Å²) >= 11 is 0. The molecule has 1 rings (SSSR count). The molecule has 0 N–H and O–H groups in total. The van der Waals surface area contributed by atoms with Gasteiger partial charge in [-0.3, -0.25) is 0 Å². The van der Waals surface area contributed by atoms with E-state index in [9.17, 15) is 17.6 Å². The molecule has 0 heterocycles. The van der Waals surface area contributed by atoms with Gasteiger partial charge in [-0.1, -0.05) is 6.92 Å². The molecule has 0 aromatic heterocycles. The van der Waals surface area contributed by atoms with E-state index in [0.29, 0.717) is 12.5 Å². The van der Waals surface area contributed by atoms with Crippen LogP contribution in [-0.4, -0.2) is 6.61 Å². The molecular weight excluding hydrogens is 224 g/mol. The van der Waals surface area contributed by atoms with E-state index in [1.165, 1.54) is 0 Å². The average molecular weight is 232 g/mol. The molecule has 0 unspecified atom stereocenters. The summed E-state index contributed by atoms with van der Waals surface area (Å²) in [7, 11) is 0. The van der Waals surface area contributed by atoms with Gasteiger partial charge >= 0.3 is 0 Å². The molecule has 0 aliphatic rings. The number of hydrogen-bond donors (Lipinski definition) is 0. The fraction of sp³-hybridized carbons (Fsp3) is 0.273. The molecule has 0 bridgehead atoms. The summed E-state index contributed by atoms with van der Waals surface area (Å²) in [6.07, 6.45) is 1.40. The van der Waals surface area contributed by atoms with Crippen LogP contribution in [0.3, 0.4) is 0 Å². The second-order valence-electron chi connectivity index (χ2n) is 2.93. The van der Waals surface area contributed by atoms with Gasteiger partial charge in [-0.15, -0.1) is 4.39 Å². The molecule has 16 heavy (non-hydrogen) atoms. The van der Waals surface area contributed by atoms with Crippen molar-refractivity contribution in [1.82, 2.24) is 0 Å². The van der Waals surface area contributed by atoms with E-state index in [2.05, 4.69) is 0 Å². The van der Waals surface area contributed by atoms with Crippen LogP contribution in [0.1, 0.15) is 18.9 Å². The van der Waals surface area contributed by atoms with Crippen molar-refractivity contribution >= 4 is 0 Å². The first-order valence-corrected chi connectivity index (χ1v) is 4.53. The van der Waals surface area contributed by atoms with E-state index in [4.69, 9.17) is 4.74 Å². The Bertz CT molecular complexity index is 446. The van der Waals surface area contributed by atoms with Crippen molar-refractivity contribution < 1.29 is 22.3 Å². The van der Waals surface area contributed by atoms with Crippen molar-refractivity contribution in [3.05, 3.63) is 29.1 Å². The van der Waals surface area contributed by atoms with Crippen LogP contribution in [-0.2, 0) is 0 Å². The minimum absolute atomic E-state index is 0.0570. The standard InChI is InChI=1S/C11H8F4O/c1-2-5-16-11-8(13)6-7(3-4-12)9(14)10(11)15/h6H,2,5H2,1H3. The van der Waals surface area contributed by atoms with Crippen LogP contribution in [0.15, 0.2) is 6.07 Å². The number of ether oxygens (including phenoxy) is 1. The van der Waals surface area contributed by atoms with Crippen LogP contribution >= 0.6 is 0 Å². The fourth-order valence-corrected chi connectivity index (χ4v) is 1.06. The predicted molar refractivity (Wildman–Crippen MR) is 50.1 cm³/mol. The minimum Gasteiger partial charge on any atom is -0.488 e. The maximum absolute atomic E-state index is 13.2. The smallest absolute Gasteiger partial charge is 0.204 e. The van der Waals surface area contributed by atoms with Crippen molar-refractivity contribution in [1.29, 1.82) is 0 Å². The summed E-state index contributed by atoms with van der Waals surface area (Å²) in [6, 6.07) is 0.593. The van der Waals surface area contributed by atoms with Gasteiger partial charge in [-0.05, 0) is 18.4 Å². The van der Waals surface area contributed by atoms with Crippen molar-refractivity contribution in [2.75, 3.05) is 6.61 Å². The number of benzene rings is 1. The summed E-state index contributed by atoms with van der Waals surface area (Å²) in [4.78, 5) is 0. The molecule has 5 heteroatoms. The normalized spacial score (nSPS) is 9.56. The second kappa shape index (κ2) is 5.40. The lowest BCUT2D eigenvalue weighted by Crippen LogP contribution is -2.03. The van der Waals surface area contributed by atoms with E-state index >= 15 is 0 Å². The SMILES string of the molecule is CCCOc1c(F)cc(C#CF)c(F)c1F. The Labute approximate surface area is 90.0 Å². The second-order valence-corrected chi connectivity index (χ2v) is 2.93. The van der Waals surface area contributed by atoms with E-state index in [1.807, 2.05) is 0 Å². The molecule has 0 saturated heterocycles. The summed E-state index contributed by atoms with van der Waals surface area (Å²) in [5.74, 6) is -3.21. The monoisotopic (exact) mass is 232 g/mol. The molecule has 0 aliphatic carbocycles. The Kier molecular flexibility index (Phi) is 4.18. The van der Waals surface area contributed by atoms with Gasteiger partial charge < -0.3 is 4.74 Å². The van der Waals surface area contributed by atoms with Crippen LogP contribution < -0.4 is 4.74 Å². The molecule has 86 valence electrons. The number of hydrogen-bond acceptors (Lipinski definition) is 1. The minimum atomic E-state index is -1.49. The van der Waals surface area contributed by atoms with Gasteiger partial charge in [-0.25, -0.2) is 8.78 Å². The lowest BCUT2D eigenvalue weighted by molar-refractivity contribution is 0.278. The van der Waals surface area contributed by atoms with Crippen molar-refractivity contribution in [2.24, 2.45) is 0 Å². The summed E-state index contributed by atoms with van der Waals surface area (Å²) in [5, 5.41) is 0. The fourth-order valence-electron chi connectivity index (χ4n) is 1.06. The number of rotatable bonds is 3. The third-order valence-corrected chi connectivity index (χ3v) is 1.75. The molecule has 0 saturated carbocycles. The highest BCUT2D eigenvalue weighted by Gasteiger charge is 2.19. The van der Waals surface area contributed by atoms with Gasteiger partial charge in [0.1, 0.15) is 6.17 Å². The van der Waals surface area contributed by atoms with Gasteiger partial charge in [0.2, 0.25) is 5.82 Å². The maximum Gasteiger partial charge on any atom is 0.204 e. The topological polar surface area (TPSA) is 9.23 Å². The zero-order chi connectivity index (χ0) is 12.1. The van der Waals surface area contributed by atoms with Crippen LogP contribution in [0, 0.1) is 29.5 Å². The van der Waals surface area contributed by atoms with Gasteiger partial charge in [0.05, 0.1) is 12.2 Å². The molecule has 0 fully saturated rings. The number of halogens is 4. The van der Waals surface area contributed by atoms with Crippen molar-refractivity contribution in [3.63, 3.8) is 0 Å². The Hall–Kier alpha value is -1.70. The Balaban J connectivity index is 3.21. The lowest BCUT2D eigenvalue weighted by Gasteiger charge is -2.08. The van der Waals surface area contributed by atoms with Gasteiger partial charge in [-0.2, -0.15) is 4.39 Å². The lowest BCUT2D eigenvalue weighted by atomic mass is 10.2. The first-order valence-electron chi connectivity index (χ1n) is 4.53. The largest absolute Gasteiger partial charge is 0.488 e. The first-order chi connectivity index (χ1) is 7.61. The molecule has 0 amide bonds. The molecule has 0 radical (unpaired) electrons. The summed E-state index contributed by atoms with van der Waals surface area (Å²) in [6.45, 7) is 1.79. The quantitative estimate of drug-likeness (QED) is 0.442. The van der Waals surface area contributed by atoms with Crippen molar-refractivity contribution in [3.8, 4) is 17.8 Å². The summed E-state index contributed by atoms with van der Waals surface area (Å²) in [5.41, 5.74) is -0.679. The van der Waals surface area contributed by atoms with Crippen LogP contribution in [0.25, 0.3) is 0 Å². The van der Waals surface area contributed by atoms with E-state index in [0.717, 1.165) is 6.17 Å². The average Bonchev–Trinajstić information content (AvgIpc) is 2.26. The van der Waals surface area contributed by atoms with Gasteiger partial charge in [0.25, 0.3) is 0 Å². The third kappa shape index (κ3) is 2.45. The van der Waals surface area contributed by atoms with Crippen molar-refractivity contribution in [2.45, 2.75) is 13.3 Å². The third-order valence-electron chi connectivity index (χ3n) is 1.75. The van der Waals surface area contributed by atoms with Crippen LogP contribution in [0.2, 0.25) is 0 Å². The van der Waals surface area contributed by atoms with Gasteiger partial charge in [0.15, 0.2) is 17.4 Å². The van der Waals surface area contributed by atoms with E-state index in [1.54, 1.807) is 12.8 Å². The zero-order valence-corrected chi connectivity index (χ0v) is 8.41. The van der Waals surface area contributed by atoms with Crippen LogP contribution in [0.5, 0.6) is 5.75 Å². The molecule has 1 aromatic carbocycles. The highest BCUT2D eigenvalue weighted by molar-refractivity contribution is 5.41. The van der Waals surface area contributed by atoms with E-state index < -0.39 is 28.8 Å². The van der Waals surface area contributed by atoms with Crippen LogP contribution in [0.4, 0.5) is 17.6 Å². The molecule has 0 atom stereocenters. The molecular formula is C11H8F4O. The first kappa shape index (κ1) is 12.4. The summed E-state index contributed by atoms with van der Waals surface area (Å²) < 4.78 is 55.9. The Morgan fingerprint density at radius 3 is 2.50 bits per heavy atom. The molecule has 0 spiro atoms. The zero-order valence-electron chi connectivity index (χ0n) is 8.41. The maximum atomic E-state index is 13.2.